The minimum Gasteiger partial charge on any atom is -0.388 e. The van der Waals surface area contributed by atoms with Gasteiger partial charge in [-0.3, -0.25) is 14.5 Å². The summed E-state index contributed by atoms with van der Waals surface area (Å²) >= 11 is 0. The highest BCUT2D eigenvalue weighted by Gasteiger charge is 2.45. The van der Waals surface area contributed by atoms with Crippen LogP contribution in [0.15, 0.2) is 12.7 Å². The quantitative estimate of drug-likeness (QED) is 0.376. The summed E-state index contributed by atoms with van der Waals surface area (Å²) in [6.45, 7) is 2.65. The SMILES string of the molecule is CC(O)P(=O)(O)O[C@@H](C)CC1O[C@@H](n2cnc3c(=N)n(C)cnc32)[C@H](O)[C@@H]1O. The Bertz CT molecular complexity index is 960. The number of nitrogens with one attached hydrogen (secondary N) is 1. The van der Waals surface area contributed by atoms with E-state index in [2.05, 4.69) is 9.97 Å². The molecule has 1 saturated heterocycles. The van der Waals surface area contributed by atoms with Crippen molar-refractivity contribution in [1.82, 2.24) is 19.1 Å². The first-order valence-electron chi connectivity index (χ1n) is 8.66. The molecular formula is C15H24N5O7P. The van der Waals surface area contributed by atoms with E-state index < -0.39 is 44.1 Å². The molecule has 12 nitrogen and oxygen atoms in total. The molecule has 2 aromatic rings. The van der Waals surface area contributed by atoms with E-state index in [0.717, 1.165) is 6.92 Å². The predicted octanol–water partition coefficient (Wildman–Crippen LogP) is -0.813. The third-order valence-electron chi connectivity index (χ3n) is 4.68. The minimum absolute atomic E-state index is 0.00467. The largest absolute Gasteiger partial charge is 0.388 e. The topological polar surface area (TPSA) is 176 Å². The number of imidazole rings is 1. The molecule has 0 saturated carbocycles. The van der Waals surface area contributed by atoms with Crippen LogP contribution in [0.4, 0.5) is 0 Å². The first-order chi connectivity index (χ1) is 13.0. The van der Waals surface area contributed by atoms with Gasteiger partial charge in [0.05, 0.1) is 24.9 Å². The summed E-state index contributed by atoms with van der Waals surface area (Å²) in [6, 6.07) is 0. The molecule has 1 aliphatic heterocycles. The molecule has 28 heavy (non-hydrogen) atoms. The van der Waals surface area contributed by atoms with Crippen LogP contribution >= 0.6 is 7.60 Å². The van der Waals surface area contributed by atoms with Gasteiger partial charge in [-0.2, -0.15) is 0 Å². The summed E-state index contributed by atoms with van der Waals surface area (Å²) in [6.07, 6.45) is -2.51. The van der Waals surface area contributed by atoms with E-state index in [1.165, 1.54) is 28.7 Å². The van der Waals surface area contributed by atoms with Crippen LogP contribution < -0.4 is 5.49 Å². The lowest BCUT2D eigenvalue weighted by molar-refractivity contribution is -0.0462. The van der Waals surface area contributed by atoms with Crippen LogP contribution in [-0.2, 0) is 20.9 Å². The minimum atomic E-state index is -4.21. The first-order valence-corrected chi connectivity index (χ1v) is 10.3. The Hall–Kier alpha value is -1.66. The molecule has 2 aromatic heterocycles. The van der Waals surface area contributed by atoms with Crippen molar-refractivity contribution in [2.75, 3.05) is 0 Å². The van der Waals surface area contributed by atoms with Gasteiger partial charge in [0.1, 0.15) is 17.7 Å². The summed E-state index contributed by atoms with van der Waals surface area (Å²) in [7, 11) is -2.56. The molecule has 1 aliphatic rings. The Labute approximate surface area is 160 Å². The molecule has 0 spiro atoms. The average Bonchev–Trinajstić information content (AvgIpc) is 3.14. The standard InChI is InChI=1S/C15H24N5O7P/c1-7(27-28(24,25)8(2)21)4-9-11(22)12(23)15(26-9)20-6-17-10-13(16)19(3)5-18-14(10)20/h5-9,11-12,15-16,21-23H,4H2,1-3H3,(H,24,25)/t7-,8?,9?,11+,12+,15+/m0/s1. The number of aliphatic hydroxyl groups is 3. The summed E-state index contributed by atoms with van der Waals surface area (Å²) < 4.78 is 25.5. The van der Waals surface area contributed by atoms with E-state index in [9.17, 15) is 24.8 Å². The van der Waals surface area contributed by atoms with Gasteiger partial charge < -0.3 is 34.0 Å². The van der Waals surface area contributed by atoms with Crippen molar-refractivity contribution in [2.24, 2.45) is 7.05 Å². The van der Waals surface area contributed by atoms with E-state index in [1.54, 1.807) is 7.05 Å². The maximum absolute atomic E-state index is 11.8. The van der Waals surface area contributed by atoms with E-state index in [4.69, 9.17) is 14.7 Å². The molecule has 3 unspecified atom stereocenters. The summed E-state index contributed by atoms with van der Waals surface area (Å²) in [5.41, 5.74) is 0.763. The molecule has 3 heterocycles. The van der Waals surface area contributed by atoms with Crippen LogP contribution in [0.3, 0.4) is 0 Å². The van der Waals surface area contributed by atoms with Crippen LogP contribution in [0.5, 0.6) is 0 Å². The molecule has 156 valence electrons. The van der Waals surface area contributed by atoms with E-state index in [-0.39, 0.29) is 11.9 Å². The first kappa shape index (κ1) is 21.1. The van der Waals surface area contributed by atoms with Crippen molar-refractivity contribution >= 4 is 18.8 Å². The zero-order chi connectivity index (χ0) is 20.8. The lowest BCUT2D eigenvalue weighted by atomic mass is 10.1. The van der Waals surface area contributed by atoms with Crippen molar-refractivity contribution in [2.45, 2.75) is 56.8 Å². The Balaban J connectivity index is 1.79. The monoisotopic (exact) mass is 417 g/mol. The number of ether oxygens (including phenoxy) is 1. The number of hydrogen-bond acceptors (Lipinski definition) is 9. The van der Waals surface area contributed by atoms with Gasteiger partial charge in [0.25, 0.3) is 0 Å². The Morgan fingerprint density at radius 2 is 2.00 bits per heavy atom. The van der Waals surface area contributed by atoms with E-state index in [0.29, 0.717) is 11.2 Å². The van der Waals surface area contributed by atoms with Crippen LogP contribution in [0.2, 0.25) is 0 Å². The second-order valence-electron chi connectivity index (χ2n) is 6.92. The van der Waals surface area contributed by atoms with Gasteiger partial charge in [-0.05, 0) is 13.8 Å². The van der Waals surface area contributed by atoms with Crippen molar-refractivity contribution < 1.29 is 34.0 Å². The number of fused-ring (bicyclic) bond motifs is 1. The van der Waals surface area contributed by atoms with Gasteiger partial charge in [-0.25, -0.2) is 9.97 Å². The highest BCUT2D eigenvalue weighted by molar-refractivity contribution is 7.53. The molecule has 1 fully saturated rings. The highest BCUT2D eigenvalue weighted by atomic mass is 31.2. The summed E-state index contributed by atoms with van der Waals surface area (Å²) in [5.74, 6) is -1.55. The fourth-order valence-electron chi connectivity index (χ4n) is 3.07. The van der Waals surface area contributed by atoms with Crippen molar-refractivity contribution in [3.63, 3.8) is 0 Å². The van der Waals surface area contributed by atoms with Crippen LogP contribution in [0.25, 0.3) is 11.2 Å². The third-order valence-corrected chi connectivity index (χ3v) is 6.28. The molecular weight excluding hydrogens is 393 g/mol. The van der Waals surface area contributed by atoms with Gasteiger partial charge >= 0.3 is 7.60 Å². The van der Waals surface area contributed by atoms with Gasteiger partial charge in [0.15, 0.2) is 23.2 Å². The summed E-state index contributed by atoms with van der Waals surface area (Å²) in [4.78, 5) is 18.0. The van der Waals surface area contributed by atoms with Gasteiger partial charge in [-0.15, -0.1) is 0 Å². The number of aromatic nitrogens is 4. The number of rotatable bonds is 6. The molecule has 7 atom stereocenters. The van der Waals surface area contributed by atoms with E-state index in [1.807, 2.05) is 0 Å². The maximum atomic E-state index is 11.8. The molecule has 3 rings (SSSR count). The summed E-state index contributed by atoms with van der Waals surface area (Å²) in [5, 5.41) is 38.1. The van der Waals surface area contributed by atoms with Crippen molar-refractivity contribution in [1.29, 1.82) is 5.41 Å². The van der Waals surface area contributed by atoms with Gasteiger partial charge in [0.2, 0.25) is 0 Å². The molecule has 13 heteroatoms. The maximum Gasteiger partial charge on any atom is 0.356 e. The Morgan fingerprint density at radius 1 is 1.32 bits per heavy atom. The Kier molecular flexibility index (Phi) is 5.74. The number of hydrogen-bond donors (Lipinski definition) is 5. The average molecular weight is 417 g/mol. The fourth-order valence-corrected chi connectivity index (χ4v) is 3.85. The van der Waals surface area contributed by atoms with Gasteiger partial charge in [-0.1, -0.05) is 0 Å². The predicted molar refractivity (Wildman–Crippen MR) is 94.9 cm³/mol. The van der Waals surface area contributed by atoms with Crippen molar-refractivity contribution in [3.05, 3.63) is 18.1 Å². The molecule has 0 aromatic carbocycles. The second-order valence-corrected chi connectivity index (χ2v) is 9.01. The lowest BCUT2D eigenvalue weighted by Gasteiger charge is -2.23. The normalized spacial score (nSPS) is 29.7. The lowest BCUT2D eigenvalue weighted by Crippen LogP contribution is -2.33. The Morgan fingerprint density at radius 3 is 2.64 bits per heavy atom. The van der Waals surface area contributed by atoms with Crippen molar-refractivity contribution in [3.8, 4) is 0 Å². The highest BCUT2D eigenvalue weighted by Crippen LogP contribution is 2.48. The molecule has 0 bridgehead atoms. The van der Waals surface area contributed by atoms with Crippen LogP contribution in [-0.4, -0.2) is 69.6 Å². The number of aliphatic hydroxyl groups excluding tert-OH is 3. The van der Waals surface area contributed by atoms with Crippen LogP contribution in [0, 0.1) is 5.41 Å². The zero-order valence-corrected chi connectivity index (χ0v) is 16.5. The molecule has 0 amide bonds. The molecule has 5 N–H and O–H groups in total. The zero-order valence-electron chi connectivity index (χ0n) is 15.6. The second kappa shape index (κ2) is 7.64. The molecule has 0 radical (unpaired) electrons. The van der Waals surface area contributed by atoms with E-state index >= 15 is 0 Å². The molecule has 0 aliphatic carbocycles. The smallest absolute Gasteiger partial charge is 0.356 e. The van der Waals surface area contributed by atoms with Crippen LogP contribution in [0.1, 0.15) is 26.5 Å². The number of nitrogens with zero attached hydrogens (tertiary/aromatic N) is 4. The van der Waals surface area contributed by atoms with Gasteiger partial charge in [0, 0.05) is 13.5 Å². The number of aryl methyl sites for hydroxylation is 1. The third kappa shape index (κ3) is 3.77. The fraction of sp³-hybridized carbons (Fsp3) is 0.667.